The van der Waals surface area contributed by atoms with Crippen LogP contribution < -0.4 is 10.2 Å². The SMILES string of the molecule is CSc1nnc([C@@H]2CCC[NH+](CC(=O)NCc3ccc(F)cc3)C2)n1C. The highest BCUT2D eigenvalue weighted by atomic mass is 32.2. The van der Waals surface area contributed by atoms with Crippen LogP contribution in [0.2, 0.25) is 0 Å². The average molecular weight is 378 g/mol. The van der Waals surface area contributed by atoms with Crippen LogP contribution >= 0.6 is 11.8 Å². The largest absolute Gasteiger partial charge is 0.347 e. The van der Waals surface area contributed by atoms with Crippen LogP contribution in [0.1, 0.15) is 30.1 Å². The Morgan fingerprint density at radius 1 is 1.38 bits per heavy atom. The number of aromatic nitrogens is 3. The van der Waals surface area contributed by atoms with Gasteiger partial charge in [-0.25, -0.2) is 4.39 Å². The van der Waals surface area contributed by atoms with Gasteiger partial charge in [-0.1, -0.05) is 23.9 Å². The lowest BCUT2D eigenvalue weighted by Gasteiger charge is -2.28. The second kappa shape index (κ2) is 8.64. The minimum absolute atomic E-state index is 0.0211. The molecule has 1 fully saturated rings. The Kier molecular flexibility index (Phi) is 6.26. The van der Waals surface area contributed by atoms with E-state index < -0.39 is 0 Å². The van der Waals surface area contributed by atoms with Gasteiger partial charge < -0.3 is 14.8 Å². The van der Waals surface area contributed by atoms with Crippen LogP contribution in [0, 0.1) is 5.82 Å². The third-order valence-corrected chi connectivity index (χ3v) is 5.57. The molecule has 1 aliphatic heterocycles. The van der Waals surface area contributed by atoms with E-state index in [0.717, 1.165) is 42.5 Å². The van der Waals surface area contributed by atoms with E-state index in [-0.39, 0.29) is 11.7 Å². The third kappa shape index (κ3) is 4.62. The van der Waals surface area contributed by atoms with Gasteiger partial charge in [0.05, 0.1) is 19.0 Å². The van der Waals surface area contributed by atoms with Gasteiger partial charge in [0.25, 0.3) is 5.91 Å². The number of hydrogen-bond acceptors (Lipinski definition) is 4. The van der Waals surface area contributed by atoms with E-state index in [2.05, 4.69) is 20.1 Å². The van der Waals surface area contributed by atoms with E-state index in [4.69, 9.17) is 0 Å². The van der Waals surface area contributed by atoms with E-state index in [0.29, 0.717) is 19.0 Å². The first-order chi connectivity index (χ1) is 12.6. The second-order valence-electron chi connectivity index (χ2n) is 6.73. The monoisotopic (exact) mass is 378 g/mol. The Balaban J connectivity index is 1.52. The van der Waals surface area contributed by atoms with Gasteiger partial charge in [0, 0.05) is 13.6 Å². The molecule has 0 aliphatic carbocycles. The van der Waals surface area contributed by atoms with Crippen molar-refractivity contribution in [3.63, 3.8) is 0 Å². The van der Waals surface area contributed by atoms with Crippen LogP contribution in [-0.2, 0) is 18.4 Å². The van der Waals surface area contributed by atoms with Crippen LogP contribution in [0.3, 0.4) is 0 Å². The lowest BCUT2D eigenvalue weighted by atomic mass is 9.97. The smallest absolute Gasteiger partial charge is 0.275 e. The standard InChI is InChI=1S/C18H24FN5OS/c1-23-17(21-22-18(23)26-2)14-4-3-9-24(11-14)12-16(25)20-10-13-5-7-15(19)8-6-13/h5-8,14H,3-4,9-12H2,1-2H3,(H,20,25)/p+1/t14-/m1/s1. The van der Waals surface area contributed by atoms with Crippen molar-refractivity contribution >= 4 is 17.7 Å². The molecule has 1 unspecified atom stereocenters. The molecule has 1 amide bonds. The molecule has 0 spiro atoms. The van der Waals surface area contributed by atoms with Crippen molar-refractivity contribution in [2.75, 3.05) is 25.9 Å². The normalized spacial score (nSPS) is 20.1. The number of rotatable bonds is 6. The summed E-state index contributed by atoms with van der Waals surface area (Å²) in [6.07, 6.45) is 4.16. The molecule has 1 aromatic carbocycles. The van der Waals surface area contributed by atoms with Gasteiger partial charge in [0.15, 0.2) is 11.7 Å². The lowest BCUT2D eigenvalue weighted by Crippen LogP contribution is -3.14. The summed E-state index contributed by atoms with van der Waals surface area (Å²) in [5.74, 6) is 1.10. The number of carbonyl (C=O) groups excluding carboxylic acids is 1. The molecule has 0 saturated carbocycles. The van der Waals surface area contributed by atoms with Crippen LogP contribution in [-0.4, -0.2) is 46.6 Å². The number of halogens is 1. The lowest BCUT2D eigenvalue weighted by molar-refractivity contribution is -0.898. The summed E-state index contributed by atoms with van der Waals surface area (Å²) in [6, 6.07) is 6.20. The van der Waals surface area contributed by atoms with Gasteiger partial charge in [-0.05, 0) is 36.8 Å². The molecule has 8 heteroatoms. The van der Waals surface area contributed by atoms with E-state index in [9.17, 15) is 9.18 Å². The van der Waals surface area contributed by atoms with Crippen molar-refractivity contribution in [2.45, 2.75) is 30.5 Å². The number of carbonyl (C=O) groups is 1. The Labute approximate surface area is 157 Å². The topological polar surface area (TPSA) is 64.2 Å². The maximum Gasteiger partial charge on any atom is 0.275 e. The fraction of sp³-hybridized carbons (Fsp3) is 0.500. The minimum Gasteiger partial charge on any atom is -0.347 e. The Hall–Kier alpha value is -1.93. The zero-order chi connectivity index (χ0) is 18.5. The first kappa shape index (κ1) is 18.8. The van der Waals surface area contributed by atoms with Crippen LogP contribution in [0.25, 0.3) is 0 Å². The number of nitrogens with zero attached hydrogens (tertiary/aromatic N) is 3. The number of hydrogen-bond donors (Lipinski definition) is 2. The van der Waals surface area contributed by atoms with Gasteiger partial charge in [-0.15, -0.1) is 10.2 Å². The molecular weight excluding hydrogens is 353 g/mol. The molecule has 2 N–H and O–H groups in total. The fourth-order valence-corrected chi connectivity index (χ4v) is 3.97. The number of likely N-dealkylation sites (tertiary alicyclic amines) is 1. The molecule has 2 atom stereocenters. The zero-order valence-corrected chi connectivity index (χ0v) is 16.0. The van der Waals surface area contributed by atoms with Gasteiger partial charge in [-0.2, -0.15) is 0 Å². The van der Waals surface area contributed by atoms with Gasteiger partial charge in [0.1, 0.15) is 11.6 Å². The van der Waals surface area contributed by atoms with Crippen molar-refractivity contribution in [1.82, 2.24) is 20.1 Å². The van der Waals surface area contributed by atoms with Crippen LogP contribution in [0.5, 0.6) is 0 Å². The molecule has 6 nitrogen and oxygen atoms in total. The predicted molar refractivity (Wildman–Crippen MR) is 98.6 cm³/mol. The zero-order valence-electron chi connectivity index (χ0n) is 15.2. The summed E-state index contributed by atoms with van der Waals surface area (Å²) in [4.78, 5) is 13.5. The Morgan fingerprint density at radius 3 is 2.85 bits per heavy atom. The second-order valence-corrected chi connectivity index (χ2v) is 7.50. The summed E-state index contributed by atoms with van der Waals surface area (Å²) in [5.41, 5.74) is 0.898. The number of thioether (sulfide) groups is 1. The van der Waals surface area contributed by atoms with E-state index in [1.807, 2.05) is 13.3 Å². The molecule has 1 aromatic heterocycles. The van der Waals surface area contributed by atoms with Crippen molar-refractivity contribution in [1.29, 1.82) is 0 Å². The number of benzene rings is 1. The quantitative estimate of drug-likeness (QED) is 0.729. The predicted octanol–water partition coefficient (Wildman–Crippen LogP) is 0.755. The van der Waals surface area contributed by atoms with E-state index >= 15 is 0 Å². The molecule has 1 aliphatic rings. The Bertz CT molecular complexity index is 749. The minimum atomic E-state index is -0.266. The van der Waals surface area contributed by atoms with Crippen LogP contribution in [0.4, 0.5) is 4.39 Å². The number of amides is 1. The molecular formula is C18H25FN5OS+. The number of piperidine rings is 1. The molecule has 140 valence electrons. The summed E-state index contributed by atoms with van der Waals surface area (Å²) >= 11 is 1.59. The summed E-state index contributed by atoms with van der Waals surface area (Å²) in [6.45, 7) is 2.76. The molecule has 2 aromatic rings. The van der Waals surface area contributed by atoms with Crippen LogP contribution in [0.15, 0.2) is 29.4 Å². The van der Waals surface area contributed by atoms with Crippen molar-refractivity contribution < 1.29 is 14.1 Å². The molecule has 3 rings (SSSR count). The first-order valence-corrected chi connectivity index (χ1v) is 10.1. The van der Waals surface area contributed by atoms with Crippen molar-refractivity contribution in [3.05, 3.63) is 41.5 Å². The number of quaternary nitrogens is 1. The Morgan fingerprint density at radius 2 is 2.15 bits per heavy atom. The molecule has 26 heavy (non-hydrogen) atoms. The highest BCUT2D eigenvalue weighted by Crippen LogP contribution is 2.22. The fourth-order valence-electron chi connectivity index (χ4n) is 3.48. The summed E-state index contributed by atoms with van der Waals surface area (Å²) < 4.78 is 15.0. The highest BCUT2D eigenvalue weighted by Gasteiger charge is 2.29. The van der Waals surface area contributed by atoms with Gasteiger partial charge in [-0.3, -0.25) is 4.79 Å². The molecule has 0 bridgehead atoms. The van der Waals surface area contributed by atoms with Crippen molar-refractivity contribution in [2.24, 2.45) is 7.05 Å². The maximum atomic E-state index is 12.9. The van der Waals surface area contributed by atoms with E-state index in [1.165, 1.54) is 17.0 Å². The average Bonchev–Trinajstić information content (AvgIpc) is 3.02. The summed E-state index contributed by atoms with van der Waals surface area (Å²) in [7, 11) is 2.00. The van der Waals surface area contributed by atoms with E-state index in [1.54, 1.807) is 23.9 Å². The number of nitrogens with one attached hydrogen (secondary N) is 2. The molecule has 2 heterocycles. The highest BCUT2D eigenvalue weighted by molar-refractivity contribution is 7.98. The maximum absolute atomic E-state index is 12.9. The van der Waals surface area contributed by atoms with Crippen molar-refractivity contribution in [3.8, 4) is 0 Å². The third-order valence-electron chi connectivity index (χ3n) is 4.85. The molecule has 0 radical (unpaired) electrons. The van der Waals surface area contributed by atoms with Gasteiger partial charge >= 0.3 is 0 Å². The first-order valence-electron chi connectivity index (χ1n) is 8.84. The summed E-state index contributed by atoms with van der Waals surface area (Å²) in [5, 5.41) is 12.4. The molecule has 1 saturated heterocycles. The van der Waals surface area contributed by atoms with Gasteiger partial charge in [0.2, 0.25) is 0 Å².